The number of piperidine rings is 1. The third-order valence-electron chi connectivity index (χ3n) is 4.65. The maximum Gasteiger partial charge on any atom is 0.235 e. The molecule has 0 aliphatic carbocycles. The molecule has 0 amide bonds. The molecule has 0 saturated carbocycles. The fraction of sp³-hybridized carbons (Fsp3) is 0.579. The second-order valence-electron chi connectivity index (χ2n) is 7.72. The molecule has 0 bridgehead atoms. The highest BCUT2D eigenvalue weighted by Crippen LogP contribution is 2.24. The summed E-state index contributed by atoms with van der Waals surface area (Å²) in [6, 6.07) is 4.18. The quantitative estimate of drug-likeness (QED) is 0.851. The summed E-state index contributed by atoms with van der Waals surface area (Å²) in [5, 5.41) is 8.82. The van der Waals surface area contributed by atoms with Gasteiger partial charge in [0.25, 0.3) is 0 Å². The third-order valence-corrected chi connectivity index (χ3v) is 4.65. The molecule has 6 nitrogen and oxygen atoms in total. The Balaban J connectivity index is 1.51. The first-order valence-corrected chi connectivity index (χ1v) is 8.93. The molecule has 3 rings (SSSR count). The Hall–Kier alpha value is -2.24. The van der Waals surface area contributed by atoms with Crippen LogP contribution < -0.4 is 9.64 Å². The third kappa shape index (κ3) is 4.44. The van der Waals surface area contributed by atoms with Gasteiger partial charge in [0.05, 0.1) is 18.0 Å². The van der Waals surface area contributed by atoms with Crippen molar-refractivity contribution in [3.63, 3.8) is 0 Å². The van der Waals surface area contributed by atoms with Gasteiger partial charge in [-0.3, -0.25) is 4.98 Å². The summed E-state index contributed by atoms with van der Waals surface area (Å²) in [5.41, 5.74) is 1.90. The molecular weight excluding hydrogens is 314 g/mol. The van der Waals surface area contributed by atoms with E-state index < -0.39 is 0 Å². The van der Waals surface area contributed by atoms with Crippen LogP contribution in [0.5, 0.6) is 5.88 Å². The molecule has 2 aromatic rings. The van der Waals surface area contributed by atoms with Gasteiger partial charge in [0.2, 0.25) is 5.88 Å². The van der Waals surface area contributed by atoms with Crippen LogP contribution in [0, 0.1) is 12.8 Å². The van der Waals surface area contributed by atoms with Gasteiger partial charge in [-0.1, -0.05) is 20.8 Å². The Labute approximate surface area is 149 Å². The fourth-order valence-corrected chi connectivity index (χ4v) is 2.96. The van der Waals surface area contributed by atoms with E-state index in [1.807, 2.05) is 6.92 Å². The minimum Gasteiger partial charge on any atom is -0.476 e. The van der Waals surface area contributed by atoms with E-state index in [0.717, 1.165) is 43.1 Å². The molecule has 1 saturated heterocycles. The normalized spacial score (nSPS) is 16.1. The molecule has 134 valence electrons. The number of nitrogens with zero attached hydrogens (tertiary/aromatic N) is 5. The van der Waals surface area contributed by atoms with Crippen molar-refractivity contribution in [3.8, 4) is 5.88 Å². The SMILES string of the molecule is Cc1nccnc1OCC1CCN(c2ccc(C(C)(C)C)nn2)CC1. The lowest BCUT2D eigenvalue weighted by Crippen LogP contribution is -2.36. The number of ether oxygens (including phenoxy) is 1. The van der Waals surface area contributed by atoms with Crippen LogP contribution in [0.4, 0.5) is 5.82 Å². The van der Waals surface area contributed by atoms with E-state index in [0.29, 0.717) is 18.4 Å². The Morgan fingerprint density at radius 3 is 2.40 bits per heavy atom. The molecule has 1 aliphatic rings. The molecule has 1 aliphatic heterocycles. The minimum atomic E-state index is 0.0360. The van der Waals surface area contributed by atoms with Gasteiger partial charge < -0.3 is 9.64 Å². The Bertz CT molecular complexity index is 688. The van der Waals surface area contributed by atoms with Crippen molar-refractivity contribution in [1.29, 1.82) is 0 Å². The van der Waals surface area contributed by atoms with Crippen LogP contribution in [0.15, 0.2) is 24.5 Å². The van der Waals surface area contributed by atoms with Gasteiger partial charge in [0, 0.05) is 30.9 Å². The number of hydrogen-bond acceptors (Lipinski definition) is 6. The molecule has 6 heteroatoms. The first kappa shape index (κ1) is 17.6. The van der Waals surface area contributed by atoms with E-state index in [-0.39, 0.29) is 5.41 Å². The molecule has 0 spiro atoms. The first-order chi connectivity index (χ1) is 11.9. The van der Waals surface area contributed by atoms with E-state index in [2.05, 4.69) is 58.0 Å². The van der Waals surface area contributed by atoms with Crippen LogP contribution in [0.25, 0.3) is 0 Å². The lowest BCUT2D eigenvalue weighted by molar-refractivity contribution is 0.213. The zero-order valence-corrected chi connectivity index (χ0v) is 15.6. The number of rotatable bonds is 4. The van der Waals surface area contributed by atoms with Crippen LogP contribution in [-0.4, -0.2) is 39.9 Å². The van der Waals surface area contributed by atoms with E-state index in [1.165, 1.54) is 0 Å². The van der Waals surface area contributed by atoms with Crippen molar-refractivity contribution in [1.82, 2.24) is 20.2 Å². The maximum atomic E-state index is 5.85. The lowest BCUT2D eigenvalue weighted by Gasteiger charge is -2.32. The van der Waals surface area contributed by atoms with Crippen molar-refractivity contribution in [2.24, 2.45) is 5.92 Å². The highest BCUT2D eigenvalue weighted by molar-refractivity contribution is 5.38. The molecule has 2 aromatic heterocycles. The molecule has 25 heavy (non-hydrogen) atoms. The van der Waals surface area contributed by atoms with Gasteiger partial charge in [-0.2, -0.15) is 5.10 Å². The second kappa shape index (κ2) is 7.33. The number of aryl methyl sites for hydroxylation is 1. The van der Waals surface area contributed by atoms with Crippen LogP contribution in [0.2, 0.25) is 0 Å². The Morgan fingerprint density at radius 2 is 1.80 bits per heavy atom. The number of anilines is 1. The van der Waals surface area contributed by atoms with Crippen LogP contribution in [-0.2, 0) is 5.41 Å². The summed E-state index contributed by atoms with van der Waals surface area (Å²) < 4.78 is 5.85. The van der Waals surface area contributed by atoms with Crippen molar-refractivity contribution in [2.45, 2.75) is 46.0 Å². The summed E-state index contributed by atoms with van der Waals surface area (Å²) in [6.07, 6.45) is 5.53. The predicted molar refractivity (Wildman–Crippen MR) is 97.9 cm³/mol. The summed E-state index contributed by atoms with van der Waals surface area (Å²) in [6.45, 7) is 11.0. The zero-order valence-electron chi connectivity index (χ0n) is 15.6. The predicted octanol–water partition coefficient (Wildman–Crippen LogP) is 3.17. The minimum absolute atomic E-state index is 0.0360. The summed E-state index contributed by atoms with van der Waals surface area (Å²) >= 11 is 0. The molecule has 0 aromatic carbocycles. The van der Waals surface area contributed by atoms with E-state index in [4.69, 9.17) is 4.74 Å². The van der Waals surface area contributed by atoms with Gasteiger partial charge in [-0.05, 0) is 37.8 Å². The lowest BCUT2D eigenvalue weighted by atomic mass is 9.92. The highest BCUT2D eigenvalue weighted by Gasteiger charge is 2.22. The van der Waals surface area contributed by atoms with Gasteiger partial charge in [-0.15, -0.1) is 5.10 Å². The fourth-order valence-electron chi connectivity index (χ4n) is 2.96. The smallest absolute Gasteiger partial charge is 0.235 e. The van der Waals surface area contributed by atoms with Gasteiger partial charge in [-0.25, -0.2) is 4.98 Å². The summed E-state index contributed by atoms with van der Waals surface area (Å²) in [5.74, 6) is 2.16. The van der Waals surface area contributed by atoms with E-state index in [1.54, 1.807) is 12.4 Å². The Morgan fingerprint density at radius 1 is 1.08 bits per heavy atom. The first-order valence-electron chi connectivity index (χ1n) is 8.93. The van der Waals surface area contributed by atoms with Crippen molar-refractivity contribution >= 4 is 5.82 Å². The highest BCUT2D eigenvalue weighted by atomic mass is 16.5. The topological polar surface area (TPSA) is 64.0 Å². The molecule has 0 unspecified atom stereocenters. The number of aromatic nitrogens is 4. The molecule has 0 atom stereocenters. The monoisotopic (exact) mass is 341 g/mol. The van der Waals surface area contributed by atoms with Crippen molar-refractivity contribution in [2.75, 3.05) is 24.6 Å². The molecule has 0 radical (unpaired) electrons. The Kier molecular flexibility index (Phi) is 5.16. The number of hydrogen-bond donors (Lipinski definition) is 0. The van der Waals surface area contributed by atoms with E-state index in [9.17, 15) is 0 Å². The molecular formula is C19H27N5O. The van der Waals surface area contributed by atoms with Crippen LogP contribution in [0.3, 0.4) is 0 Å². The summed E-state index contributed by atoms with van der Waals surface area (Å²) in [7, 11) is 0. The van der Waals surface area contributed by atoms with Crippen LogP contribution in [0.1, 0.15) is 45.0 Å². The summed E-state index contributed by atoms with van der Waals surface area (Å²) in [4.78, 5) is 10.8. The molecule has 0 N–H and O–H groups in total. The largest absolute Gasteiger partial charge is 0.476 e. The standard InChI is InChI=1S/C19H27N5O/c1-14-18(21-10-9-20-14)25-13-15-7-11-24(12-8-15)17-6-5-16(22-23-17)19(2,3)4/h5-6,9-10,15H,7-8,11-13H2,1-4H3. The maximum absolute atomic E-state index is 5.85. The second-order valence-corrected chi connectivity index (χ2v) is 7.72. The van der Waals surface area contributed by atoms with Crippen molar-refractivity contribution < 1.29 is 4.74 Å². The molecule has 3 heterocycles. The molecule has 1 fully saturated rings. The van der Waals surface area contributed by atoms with Gasteiger partial charge in [0.15, 0.2) is 5.82 Å². The van der Waals surface area contributed by atoms with Crippen molar-refractivity contribution in [3.05, 3.63) is 35.9 Å². The average Bonchev–Trinajstić information content (AvgIpc) is 2.61. The average molecular weight is 341 g/mol. The zero-order chi connectivity index (χ0) is 17.9. The van der Waals surface area contributed by atoms with Gasteiger partial charge in [0.1, 0.15) is 0 Å². The van der Waals surface area contributed by atoms with Crippen LogP contribution >= 0.6 is 0 Å². The van der Waals surface area contributed by atoms with E-state index >= 15 is 0 Å². The van der Waals surface area contributed by atoms with Gasteiger partial charge >= 0.3 is 0 Å².